The van der Waals surface area contributed by atoms with E-state index < -0.39 is 0 Å². The van der Waals surface area contributed by atoms with Gasteiger partial charge in [0.05, 0.1) is 0 Å². The molecular formula is C17H25BrClN. The van der Waals surface area contributed by atoms with Crippen LogP contribution in [-0.4, -0.2) is 13.1 Å². The molecule has 0 aliphatic heterocycles. The van der Waals surface area contributed by atoms with E-state index in [1.54, 1.807) is 0 Å². The summed E-state index contributed by atoms with van der Waals surface area (Å²) in [7, 11) is 0. The van der Waals surface area contributed by atoms with Crippen molar-refractivity contribution in [1.82, 2.24) is 5.32 Å². The molecule has 112 valence electrons. The Balaban J connectivity index is 2.01. The van der Waals surface area contributed by atoms with Crippen molar-refractivity contribution >= 4 is 27.5 Å². The van der Waals surface area contributed by atoms with E-state index in [1.165, 1.54) is 37.7 Å². The second-order valence-electron chi connectivity index (χ2n) is 5.95. The van der Waals surface area contributed by atoms with E-state index in [0.717, 1.165) is 40.8 Å². The summed E-state index contributed by atoms with van der Waals surface area (Å²) in [5.41, 5.74) is 1.30. The van der Waals surface area contributed by atoms with Crippen molar-refractivity contribution < 1.29 is 0 Å². The van der Waals surface area contributed by atoms with Gasteiger partial charge in [-0.15, -0.1) is 0 Å². The number of hydrogen-bond acceptors (Lipinski definition) is 1. The Kier molecular flexibility index (Phi) is 6.86. The number of rotatable bonds is 7. The molecule has 0 spiro atoms. The zero-order valence-electron chi connectivity index (χ0n) is 12.3. The van der Waals surface area contributed by atoms with Gasteiger partial charge >= 0.3 is 0 Å². The first kappa shape index (κ1) is 16.3. The molecule has 1 N–H and O–H groups in total. The summed E-state index contributed by atoms with van der Waals surface area (Å²) in [5.74, 6) is 1.60. The number of nitrogens with one attached hydrogen (secondary N) is 1. The van der Waals surface area contributed by atoms with Crippen LogP contribution in [0.15, 0.2) is 22.7 Å². The fraction of sp³-hybridized carbons (Fsp3) is 0.647. The molecule has 0 bridgehead atoms. The molecule has 1 aromatic carbocycles. The van der Waals surface area contributed by atoms with Crippen LogP contribution < -0.4 is 5.32 Å². The van der Waals surface area contributed by atoms with E-state index >= 15 is 0 Å². The van der Waals surface area contributed by atoms with Gasteiger partial charge < -0.3 is 5.32 Å². The maximum Gasteiger partial charge on any atom is 0.0449 e. The maximum absolute atomic E-state index is 6.39. The summed E-state index contributed by atoms with van der Waals surface area (Å²) >= 11 is 9.87. The molecule has 2 rings (SSSR count). The molecule has 1 fully saturated rings. The van der Waals surface area contributed by atoms with Gasteiger partial charge in [0.25, 0.3) is 0 Å². The molecule has 0 aromatic heterocycles. The van der Waals surface area contributed by atoms with Gasteiger partial charge in [-0.1, -0.05) is 66.2 Å². The van der Waals surface area contributed by atoms with Gasteiger partial charge in [-0.3, -0.25) is 0 Å². The van der Waals surface area contributed by atoms with Gasteiger partial charge in [-0.05, 0) is 55.5 Å². The minimum atomic E-state index is 0.725. The highest BCUT2D eigenvalue weighted by Crippen LogP contribution is 2.34. The summed E-state index contributed by atoms with van der Waals surface area (Å²) in [6, 6.07) is 6.29. The molecule has 3 heteroatoms. The molecule has 1 aliphatic carbocycles. The van der Waals surface area contributed by atoms with E-state index in [0.29, 0.717) is 0 Å². The minimum Gasteiger partial charge on any atom is -0.316 e. The van der Waals surface area contributed by atoms with Crippen LogP contribution in [-0.2, 0) is 6.42 Å². The SMILES string of the molecule is CCCNCC(Cc1ccc(Br)cc1Cl)C1CCCC1. The fourth-order valence-corrected chi connectivity index (χ4v) is 4.02. The van der Waals surface area contributed by atoms with Crippen molar-refractivity contribution in [3.05, 3.63) is 33.3 Å². The predicted octanol–water partition coefficient (Wildman–Crippen LogP) is 5.45. The summed E-state index contributed by atoms with van der Waals surface area (Å²) in [4.78, 5) is 0. The number of benzene rings is 1. The standard InChI is InChI=1S/C17H25BrClN/c1-2-9-20-12-15(13-5-3-4-6-13)10-14-7-8-16(18)11-17(14)19/h7-8,11,13,15,20H,2-6,9-10,12H2,1H3. The van der Waals surface area contributed by atoms with Gasteiger partial charge in [0.1, 0.15) is 0 Å². The first-order valence-corrected chi connectivity index (χ1v) is 9.02. The zero-order chi connectivity index (χ0) is 14.4. The molecule has 1 atom stereocenters. The van der Waals surface area contributed by atoms with Crippen LogP contribution in [0.1, 0.15) is 44.6 Å². The zero-order valence-corrected chi connectivity index (χ0v) is 14.6. The Bertz CT molecular complexity index is 415. The lowest BCUT2D eigenvalue weighted by molar-refractivity contribution is 0.321. The summed E-state index contributed by atoms with van der Waals surface area (Å²) < 4.78 is 1.06. The van der Waals surface area contributed by atoms with Gasteiger partial charge in [0, 0.05) is 9.50 Å². The molecule has 20 heavy (non-hydrogen) atoms. The van der Waals surface area contributed by atoms with E-state index in [-0.39, 0.29) is 0 Å². The third-order valence-corrected chi connectivity index (χ3v) is 5.24. The van der Waals surface area contributed by atoms with E-state index in [2.05, 4.69) is 40.3 Å². The first-order valence-electron chi connectivity index (χ1n) is 7.85. The highest BCUT2D eigenvalue weighted by atomic mass is 79.9. The largest absolute Gasteiger partial charge is 0.316 e. The quantitative estimate of drug-likeness (QED) is 0.639. The molecule has 1 aromatic rings. The molecular weight excluding hydrogens is 334 g/mol. The third kappa shape index (κ3) is 4.75. The Labute approximate surface area is 136 Å². The lowest BCUT2D eigenvalue weighted by atomic mass is 9.85. The van der Waals surface area contributed by atoms with Crippen LogP contribution in [0.2, 0.25) is 5.02 Å². The van der Waals surface area contributed by atoms with Crippen LogP contribution in [0.5, 0.6) is 0 Å². The molecule has 1 nitrogen and oxygen atoms in total. The van der Waals surface area contributed by atoms with Gasteiger partial charge in [-0.2, -0.15) is 0 Å². The summed E-state index contributed by atoms with van der Waals surface area (Å²) in [6.07, 6.45) is 7.91. The van der Waals surface area contributed by atoms with Crippen molar-refractivity contribution in [3.63, 3.8) is 0 Å². The molecule has 1 saturated carbocycles. The molecule has 1 unspecified atom stereocenters. The summed E-state index contributed by atoms with van der Waals surface area (Å²) in [5, 5.41) is 4.51. The molecule has 1 aliphatic rings. The average molecular weight is 359 g/mol. The Hall–Kier alpha value is -0.0500. The normalized spacial score (nSPS) is 17.6. The van der Waals surface area contributed by atoms with Crippen LogP contribution >= 0.6 is 27.5 Å². The predicted molar refractivity (Wildman–Crippen MR) is 91.5 cm³/mol. The highest BCUT2D eigenvalue weighted by molar-refractivity contribution is 9.10. The monoisotopic (exact) mass is 357 g/mol. The first-order chi connectivity index (χ1) is 9.70. The number of hydrogen-bond donors (Lipinski definition) is 1. The summed E-state index contributed by atoms with van der Waals surface area (Å²) in [6.45, 7) is 4.48. The van der Waals surface area contributed by atoms with Crippen molar-refractivity contribution in [3.8, 4) is 0 Å². The fourth-order valence-electron chi connectivity index (χ4n) is 3.27. The third-order valence-electron chi connectivity index (χ3n) is 4.40. The number of halogens is 2. The molecule has 0 heterocycles. The Morgan fingerprint density at radius 3 is 2.75 bits per heavy atom. The van der Waals surface area contributed by atoms with Crippen molar-refractivity contribution in [2.24, 2.45) is 11.8 Å². The van der Waals surface area contributed by atoms with Gasteiger partial charge in [0.2, 0.25) is 0 Å². The highest BCUT2D eigenvalue weighted by Gasteiger charge is 2.25. The van der Waals surface area contributed by atoms with Crippen molar-refractivity contribution in [1.29, 1.82) is 0 Å². The second kappa shape index (κ2) is 8.41. The van der Waals surface area contributed by atoms with Gasteiger partial charge in [-0.25, -0.2) is 0 Å². The van der Waals surface area contributed by atoms with E-state index in [4.69, 9.17) is 11.6 Å². The lowest BCUT2D eigenvalue weighted by Crippen LogP contribution is -2.29. The lowest BCUT2D eigenvalue weighted by Gasteiger charge is -2.24. The molecule has 0 amide bonds. The van der Waals surface area contributed by atoms with Gasteiger partial charge in [0.15, 0.2) is 0 Å². The van der Waals surface area contributed by atoms with E-state index in [9.17, 15) is 0 Å². The van der Waals surface area contributed by atoms with E-state index in [1.807, 2.05) is 6.07 Å². The molecule has 0 saturated heterocycles. The van der Waals surface area contributed by atoms with Crippen LogP contribution in [0, 0.1) is 11.8 Å². The smallest absolute Gasteiger partial charge is 0.0449 e. The van der Waals surface area contributed by atoms with Crippen LogP contribution in [0.4, 0.5) is 0 Å². The van der Waals surface area contributed by atoms with Crippen molar-refractivity contribution in [2.75, 3.05) is 13.1 Å². The maximum atomic E-state index is 6.39. The Morgan fingerprint density at radius 2 is 2.10 bits per heavy atom. The molecule has 0 radical (unpaired) electrons. The topological polar surface area (TPSA) is 12.0 Å². The van der Waals surface area contributed by atoms with Crippen LogP contribution in [0.25, 0.3) is 0 Å². The second-order valence-corrected chi connectivity index (χ2v) is 7.27. The average Bonchev–Trinajstić information content (AvgIpc) is 2.94. The van der Waals surface area contributed by atoms with Crippen LogP contribution in [0.3, 0.4) is 0 Å². The minimum absolute atomic E-state index is 0.725. The Morgan fingerprint density at radius 1 is 1.35 bits per heavy atom. The van der Waals surface area contributed by atoms with Crippen molar-refractivity contribution in [2.45, 2.75) is 45.4 Å².